The van der Waals surface area contributed by atoms with Crippen molar-refractivity contribution in [2.75, 3.05) is 13.7 Å². The molecule has 0 bridgehead atoms. The van der Waals surface area contributed by atoms with Crippen LogP contribution in [-0.4, -0.2) is 48.7 Å². The maximum Gasteiger partial charge on any atom is 0.328 e. The summed E-state index contributed by atoms with van der Waals surface area (Å²) < 4.78 is 4.70. The van der Waals surface area contributed by atoms with Crippen molar-refractivity contribution in [3.05, 3.63) is 0 Å². The first-order valence-corrected chi connectivity index (χ1v) is 5.92. The predicted octanol–water partition coefficient (Wildman–Crippen LogP) is -0.247. The van der Waals surface area contributed by atoms with Crippen LogP contribution in [0.25, 0.3) is 0 Å². The Labute approximate surface area is 112 Å². The zero-order chi connectivity index (χ0) is 15.2. The standard InChI is InChI=1S/C12H22N2O5/c1-7(13-11(18)12(2,3)4)9(15)14-8(6-19-5)10(16)17/h7-8H,6H2,1-5H3,(H,13,18)(H,14,15)(H,16,17). The van der Waals surface area contributed by atoms with Gasteiger partial charge in [-0.3, -0.25) is 9.59 Å². The minimum atomic E-state index is -1.19. The quantitative estimate of drug-likeness (QED) is 0.619. The second-order valence-corrected chi connectivity index (χ2v) is 5.30. The predicted molar refractivity (Wildman–Crippen MR) is 68.5 cm³/mol. The summed E-state index contributed by atoms with van der Waals surface area (Å²) >= 11 is 0. The SMILES string of the molecule is COCC(NC(=O)C(C)NC(=O)C(C)(C)C)C(=O)O. The molecule has 2 atom stereocenters. The van der Waals surface area contributed by atoms with E-state index in [1.54, 1.807) is 20.8 Å². The number of aliphatic carboxylic acids is 1. The molecule has 0 spiro atoms. The van der Waals surface area contributed by atoms with Crippen molar-refractivity contribution in [3.8, 4) is 0 Å². The van der Waals surface area contributed by atoms with Gasteiger partial charge in [0.1, 0.15) is 6.04 Å². The second-order valence-electron chi connectivity index (χ2n) is 5.30. The third kappa shape index (κ3) is 6.19. The minimum Gasteiger partial charge on any atom is -0.480 e. The lowest BCUT2D eigenvalue weighted by atomic mass is 9.95. The van der Waals surface area contributed by atoms with Gasteiger partial charge < -0.3 is 20.5 Å². The number of methoxy groups -OCH3 is 1. The molecular weight excluding hydrogens is 252 g/mol. The van der Waals surface area contributed by atoms with Crippen molar-refractivity contribution in [2.45, 2.75) is 39.8 Å². The van der Waals surface area contributed by atoms with Gasteiger partial charge in [-0.25, -0.2) is 4.79 Å². The van der Waals surface area contributed by atoms with Crippen LogP contribution in [0.3, 0.4) is 0 Å². The molecule has 0 fully saturated rings. The van der Waals surface area contributed by atoms with Crippen molar-refractivity contribution in [3.63, 3.8) is 0 Å². The highest BCUT2D eigenvalue weighted by Gasteiger charge is 2.27. The molecule has 0 heterocycles. The summed E-state index contributed by atoms with van der Waals surface area (Å²) in [4.78, 5) is 34.3. The normalized spacial score (nSPS) is 14.4. The maximum absolute atomic E-state index is 11.8. The van der Waals surface area contributed by atoms with E-state index in [1.165, 1.54) is 14.0 Å². The fourth-order valence-electron chi connectivity index (χ4n) is 1.12. The number of ether oxygens (including phenoxy) is 1. The van der Waals surface area contributed by atoms with Crippen LogP contribution in [0.1, 0.15) is 27.7 Å². The summed E-state index contributed by atoms with van der Waals surface area (Å²) in [6, 6.07) is -1.95. The molecule has 0 aliphatic heterocycles. The zero-order valence-corrected chi connectivity index (χ0v) is 11.9. The van der Waals surface area contributed by atoms with Gasteiger partial charge in [-0.15, -0.1) is 0 Å². The Morgan fingerprint density at radius 3 is 2.11 bits per heavy atom. The van der Waals surface area contributed by atoms with Crippen molar-refractivity contribution >= 4 is 17.8 Å². The van der Waals surface area contributed by atoms with Crippen LogP contribution in [0.15, 0.2) is 0 Å². The summed E-state index contributed by atoms with van der Waals surface area (Å²) in [6.07, 6.45) is 0. The van der Waals surface area contributed by atoms with Crippen LogP contribution in [0.5, 0.6) is 0 Å². The molecule has 7 heteroatoms. The first-order chi connectivity index (χ1) is 8.59. The Morgan fingerprint density at radius 2 is 1.74 bits per heavy atom. The molecule has 3 N–H and O–H groups in total. The molecule has 0 aromatic heterocycles. The number of carbonyl (C=O) groups excluding carboxylic acids is 2. The molecule has 2 amide bonds. The summed E-state index contributed by atoms with van der Waals surface area (Å²) in [5, 5.41) is 13.7. The molecular formula is C12H22N2O5. The van der Waals surface area contributed by atoms with Crippen molar-refractivity contribution in [2.24, 2.45) is 5.41 Å². The van der Waals surface area contributed by atoms with Gasteiger partial charge in [0.25, 0.3) is 0 Å². The summed E-state index contributed by atoms with van der Waals surface area (Å²) in [5.74, 6) is -2.04. The number of carboxylic acid groups (broad SMARTS) is 1. The molecule has 7 nitrogen and oxygen atoms in total. The van der Waals surface area contributed by atoms with E-state index in [-0.39, 0.29) is 12.5 Å². The second kappa shape index (κ2) is 7.08. The molecule has 0 saturated carbocycles. The van der Waals surface area contributed by atoms with Crippen molar-refractivity contribution < 1.29 is 24.2 Å². The van der Waals surface area contributed by atoms with Crippen LogP contribution in [0, 0.1) is 5.41 Å². The van der Waals surface area contributed by atoms with Gasteiger partial charge in [0.05, 0.1) is 6.61 Å². The summed E-state index contributed by atoms with van der Waals surface area (Å²) in [7, 11) is 1.34. The molecule has 0 saturated heterocycles. The van der Waals surface area contributed by atoms with Crippen molar-refractivity contribution in [1.29, 1.82) is 0 Å². The lowest BCUT2D eigenvalue weighted by Crippen LogP contribution is -2.53. The molecule has 19 heavy (non-hydrogen) atoms. The van der Waals surface area contributed by atoms with Gasteiger partial charge >= 0.3 is 5.97 Å². The fraction of sp³-hybridized carbons (Fsp3) is 0.750. The average Bonchev–Trinajstić information content (AvgIpc) is 2.26. The smallest absolute Gasteiger partial charge is 0.328 e. The highest BCUT2D eigenvalue weighted by Crippen LogP contribution is 2.12. The van der Waals surface area contributed by atoms with Gasteiger partial charge in [0, 0.05) is 12.5 Å². The monoisotopic (exact) mass is 274 g/mol. The largest absolute Gasteiger partial charge is 0.480 e. The Kier molecular flexibility index (Phi) is 6.47. The fourth-order valence-corrected chi connectivity index (χ4v) is 1.12. The summed E-state index contributed by atoms with van der Waals surface area (Å²) in [6.45, 7) is 6.51. The van der Waals surface area contributed by atoms with E-state index in [1.807, 2.05) is 0 Å². The number of carbonyl (C=O) groups is 3. The van der Waals surface area contributed by atoms with E-state index < -0.39 is 29.4 Å². The van der Waals surface area contributed by atoms with E-state index in [9.17, 15) is 14.4 Å². The average molecular weight is 274 g/mol. The number of nitrogens with one attached hydrogen (secondary N) is 2. The third-order valence-electron chi connectivity index (χ3n) is 2.37. The Morgan fingerprint density at radius 1 is 1.21 bits per heavy atom. The van der Waals surface area contributed by atoms with E-state index in [0.717, 1.165) is 0 Å². The number of hydrogen-bond donors (Lipinski definition) is 3. The Bertz CT molecular complexity index is 349. The molecule has 0 aromatic carbocycles. The van der Waals surface area contributed by atoms with Crippen LogP contribution < -0.4 is 10.6 Å². The molecule has 0 aromatic rings. The van der Waals surface area contributed by atoms with E-state index in [2.05, 4.69) is 10.6 Å². The van der Waals surface area contributed by atoms with E-state index in [4.69, 9.17) is 9.84 Å². The van der Waals surface area contributed by atoms with Gasteiger partial charge in [0.2, 0.25) is 11.8 Å². The molecule has 0 radical (unpaired) electrons. The number of rotatable bonds is 6. The van der Waals surface area contributed by atoms with Crippen LogP contribution in [0.2, 0.25) is 0 Å². The van der Waals surface area contributed by atoms with Crippen LogP contribution >= 0.6 is 0 Å². The molecule has 0 aliphatic carbocycles. The molecule has 0 rings (SSSR count). The van der Waals surface area contributed by atoms with E-state index >= 15 is 0 Å². The molecule has 2 unspecified atom stereocenters. The highest BCUT2D eigenvalue weighted by atomic mass is 16.5. The molecule has 110 valence electrons. The Balaban J connectivity index is 4.49. The lowest BCUT2D eigenvalue weighted by molar-refractivity contribution is -0.143. The first-order valence-electron chi connectivity index (χ1n) is 5.92. The Hall–Kier alpha value is -1.63. The minimum absolute atomic E-state index is 0.138. The van der Waals surface area contributed by atoms with Crippen molar-refractivity contribution in [1.82, 2.24) is 10.6 Å². The highest BCUT2D eigenvalue weighted by molar-refractivity contribution is 5.91. The third-order valence-corrected chi connectivity index (χ3v) is 2.37. The first kappa shape index (κ1) is 17.4. The summed E-state index contributed by atoms with van der Waals surface area (Å²) in [5.41, 5.74) is -0.618. The number of carboxylic acids is 1. The molecule has 0 aliphatic rings. The van der Waals surface area contributed by atoms with Crippen LogP contribution in [-0.2, 0) is 19.1 Å². The van der Waals surface area contributed by atoms with Crippen LogP contribution in [0.4, 0.5) is 0 Å². The number of hydrogen-bond acceptors (Lipinski definition) is 4. The topological polar surface area (TPSA) is 105 Å². The van der Waals surface area contributed by atoms with Gasteiger partial charge in [-0.1, -0.05) is 20.8 Å². The number of amides is 2. The zero-order valence-electron chi connectivity index (χ0n) is 11.9. The van der Waals surface area contributed by atoms with E-state index in [0.29, 0.717) is 0 Å². The van der Waals surface area contributed by atoms with Gasteiger partial charge in [-0.2, -0.15) is 0 Å². The maximum atomic E-state index is 11.8. The van der Waals surface area contributed by atoms with Gasteiger partial charge in [0.15, 0.2) is 6.04 Å². The lowest BCUT2D eigenvalue weighted by Gasteiger charge is -2.22. The van der Waals surface area contributed by atoms with Gasteiger partial charge in [-0.05, 0) is 6.92 Å².